The molecule has 1 aromatic carbocycles. The Kier molecular flexibility index (Phi) is 4.16. The molecule has 15 heavy (non-hydrogen) atoms. The molecule has 0 radical (unpaired) electrons. The first-order chi connectivity index (χ1) is 6.95. The fourth-order valence-electron chi connectivity index (χ4n) is 1.10. The molecule has 1 N–H and O–H groups in total. The second kappa shape index (κ2) is 4.99. The van der Waals surface area contributed by atoms with Crippen LogP contribution in [0.4, 0.5) is 18.9 Å². The lowest BCUT2D eigenvalue weighted by Crippen LogP contribution is -2.12. The summed E-state index contributed by atoms with van der Waals surface area (Å²) in [4.78, 5) is 0. The van der Waals surface area contributed by atoms with Gasteiger partial charge in [-0.2, -0.15) is 25.8 Å². The molecule has 0 aliphatic carbocycles. The molecule has 0 heterocycles. The summed E-state index contributed by atoms with van der Waals surface area (Å²) in [5.41, 5.74) is -0.724. The molecule has 1 aromatic rings. The molecule has 0 atom stereocenters. The molecule has 0 spiro atoms. The van der Waals surface area contributed by atoms with Crippen molar-refractivity contribution in [2.45, 2.75) is 6.18 Å². The zero-order chi connectivity index (χ0) is 11.5. The zero-order valence-corrected chi connectivity index (χ0v) is 9.26. The molecule has 0 fully saturated rings. The van der Waals surface area contributed by atoms with Crippen LogP contribution in [0.2, 0.25) is 5.02 Å². The van der Waals surface area contributed by atoms with Gasteiger partial charge in [-0.25, -0.2) is 0 Å². The molecule has 84 valence electrons. The SMILES string of the molecule is FC(F)(F)c1cc(Cl)ccc1NCCS. The van der Waals surface area contributed by atoms with E-state index in [-0.39, 0.29) is 10.7 Å². The van der Waals surface area contributed by atoms with E-state index in [1.807, 2.05) is 0 Å². The highest BCUT2D eigenvalue weighted by Gasteiger charge is 2.33. The van der Waals surface area contributed by atoms with Crippen LogP contribution in [0, 0.1) is 0 Å². The summed E-state index contributed by atoms with van der Waals surface area (Å²) in [6.07, 6.45) is -4.40. The van der Waals surface area contributed by atoms with Crippen molar-refractivity contribution >= 4 is 29.9 Å². The predicted molar refractivity (Wildman–Crippen MR) is 58.8 cm³/mol. The van der Waals surface area contributed by atoms with E-state index in [0.29, 0.717) is 12.3 Å². The summed E-state index contributed by atoms with van der Waals surface area (Å²) in [6, 6.07) is 3.63. The number of hydrogen-bond acceptors (Lipinski definition) is 2. The highest BCUT2D eigenvalue weighted by Crippen LogP contribution is 2.36. The number of anilines is 1. The van der Waals surface area contributed by atoms with Gasteiger partial charge in [0.1, 0.15) is 0 Å². The van der Waals surface area contributed by atoms with Crippen LogP contribution in [0.1, 0.15) is 5.56 Å². The minimum Gasteiger partial charge on any atom is -0.384 e. The van der Waals surface area contributed by atoms with Crippen molar-refractivity contribution in [3.05, 3.63) is 28.8 Å². The Bertz CT molecular complexity index is 341. The molecule has 0 aliphatic rings. The van der Waals surface area contributed by atoms with E-state index < -0.39 is 11.7 Å². The van der Waals surface area contributed by atoms with E-state index in [9.17, 15) is 13.2 Å². The second-order valence-corrected chi connectivity index (χ2v) is 3.72. The summed E-state index contributed by atoms with van der Waals surface area (Å²) >= 11 is 9.42. The van der Waals surface area contributed by atoms with Gasteiger partial charge < -0.3 is 5.32 Å². The lowest BCUT2D eigenvalue weighted by molar-refractivity contribution is -0.136. The van der Waals surface area contributed by atoms with Crippen molar-refractivity contribution in [2.75, 3.05) is 17.6 Å². The Hall–Kier alpha value is -0.550. The number of nitrogens with one attached hydrogen (secondary N) is 1. The summed E-state index contributed by atoms with van der Waals surface area (Å²) in [7, 11) is 0. The van der Waals surface area contributed by atoms with Crippen LogP contribution < -0.4 is 5.32 Å². The number of alkyl halides is 3. The minimum atomic E-state index is -4.40. The summed E-state index contributed by atoms with van der Waals surface area (Å²) in [6.45, 7) is 0.369. The first-order valence-electron chi connectivity index (χ1n) is 4.16. The van der Waals surface area contributed by atoms with E-state index in [0.717, 1.165) is 6.07 Å². The third-order valence-electron chi connectivity index (χ3n) is 1.71. The molecule has 6 heteroatoms. The topological polar surface area (TPSA) is 12.0 Å². The van der Waals surface area contributed by atoms with Gasteiger partial charge in [0.2, 0.25) is 0 Å². The lowest BCUT2D eigenvalue weighted by atomic mass is 10.1. The lowest BCUT2D eigenvalue weighted by Gasteiger charge is -2.14. The van der Waals surface area contributed by atoms with Crippen LogP contribution in [-0.2, 0) is 6.18 Å². The van der Waals surface area contributed by atoms with Crippen molar-refractivity contribution in [3.8, 4) is 0 Å². The summed E-state index contributed by atoms with van der Waals surface area (Å²) in [5.74, 6) is 0.458. The molecule has 0 saturated carbocycles. The number of thiol groups is 1. The van der Waals surface area contributed by atoms with Gasteiger partial charge in [0, 0.05) is 23.0 Å². The average molecular weight is 256 g/mol. The normalized spacial score (nSPS) is 11.5. The first-order valence-corrected chi connectivity index (χ1v) is 5.17. The van der Waals surface area contributed by atoms with Gasteiger partial charge in [-0.3, -0.25) is 0 Å². The van der Waals surface area contributed by atoms with Gasteiger partial charge in [0.25, 0.3) is 0 Å². The van der Waals surface area contributed by atoms with Crippen LogP contribution in [0.25, 0.3) is 0 Å². The molecule has 0 bridgehead atoms. The van der Waals surface area contributed by atoms with E-state index in [2.05, 4.69) is 17.9 Å². The Morgan fingerprint density at radius 3 is 2.53 bits per heavy atom. The highest BCUT2D eigenvalue weighted by atomic mass is 35.5. The molecule has 1 nitrogen and oxygen atoms in total. The summed E-state index contributed by atoms with van der Waals surface area (Å²) in [5, 5.41) is 2.71. The smallest absolute Gasteiger partial charge is 0.384 e. The number of hydrogen-bond donors (Lipinski definition) is 2. The number of benzene rings is 1. The standard InChI is InChI=1S/C9H9ClF3NS/c10-6-1-2-8(14-3-4-15)7(5-6)9(11,12)13/h1-2,5,14-15H,3-4H2. The number of halogens is 4. The highest BCUT2D eigenvalue weighted by molar-refractivity contribution is 7.80. The Balaban J connectivity index is 3.04. The quantitative estimate of drug-likeness (QED) is 0.785. The number of rotatable bonds is 3. The monoisotopic (exact) mass is 255 g/mol. The van der Waals surface area contributed by atoms with Crippen molar-refractivity contribution < 1.29 is 13.2 Å². The van der Waals surface area contributed by atoms with Crippen molar-refractivity contribution in [3.63, 3.8) is 0 Å². The van der Waals surface area contributed by atoms with Gasteiger partial charge in [-0.15, -0.1) is 0 Å². The van der Waals surface area contributed by atoms with Crippen LogP contribution in [0.15, 0.2) is 18.2 Å². The van der Waals surface area contributed by atoms with E-state index in [1.165, 1.54) is 12.1 Å². The predicted octanol–water partition coefficient (Wildman–Crippen LogP) is 3.70. The maximum absolute atomic E-state index is 12.5. The molecule has 0 aliphatic heterocycles. The second-order valence-electron chi connectivity index (χ2n) is 2.84. The Labute approximate surface area is 96.0 Å². The Morgan fingerprint density at radius 1 is 1.33 bits per heavy atom. The van der Waals surface area contributed by atoms with Crippen molar-refractivity contribution in [2.24, 2.45) is 0 Å². The van der Waals surface area contributed by atoms with E-state index >= 15 is 0 Å². The molecule has 0 unspecified atom stereocenters. The van der Waals surface area contributed by atoms with Crippen LogP contribution in [0.3, 0.4) is 0 Å². The fourth-order valence-corrected chi connectivity index (χ4v) is 1.38. The van der Waals surface area contributed by atoms with Gasteiger partial charge in [-0.1, -0.05) is 11.6 Å². The molecular formula is C9H9ClF3NS. The zero-order valence-electron chi connectivity index (χ0n) is 7.61. The van der Waals surface area contributed by atoms with Crippen LogP contribution in [0.5, 0.6) is 0 Å². The third-order valence-corrected chi connectivity index (χ3v) is 2.17. The van der Waals surface area contributed by atoms with Crippen molar-refractivity contribution in [1.29, 1.82) is 0 Å². The van der Waals surface area contributed by atoms with Crippen LogP contribution in [-0.4, -0.2) is 12.3 Å². The van der Waals surface area contributed by atoms with Gasteiger partial charge >= 0.3 is 6.18 Å². The fraction of sp³-hybridized carbons (Fsp3) is 0.333. The largest absolute Gasteiger partial charge is 0.418 e. The van der Waals surface area contributed by atoms with Crippen LogP contribution >= 0.6 is 24.2 Å². The third kappa shape index (κ3) is 3.50. The van der Waals surface area contributed by atoms with Crippen molar-refractivity contribution in [1.82, 2.24) is 0 Å². The summed E-state index contributed by atoms with van der Waals surface area (Å²) < 4.78 is 37.6. The maximum atomic E-state index is 12.5. The van der Waals surface area contributed by atoms with E-state index in [1.54, 1.807) is 0 Å². The minimum absolute atomic E-state index is 0.0287. The molecular weight excluding hydrogens is 247 g/mol. The molecule has 0 aromatic heterocycles. The average Bonchev–Trinajstić information content (AvgIpc) is 2.14. The van der Waals surface area contributed by atoms with Gasteiger partial charge in [0.15, 0.2) is 0 Å². The first kappa shape index (κ1) is 12.5. The van der Waals surface area contributed by atoms with Gasteiger partial charge in [0.05, 0.1) is 5.56 Å². The molecule has 0 saturated heterocycles. The molecule has 0 amide bonds. The maximum Gasteiger partial charge on any atom is 0.418 e. The van der Waals surface area contributed by atoms with Gasteiger partial charge in [-0.05, 0) is 18.2 Å². The Morgan fingerprint density at radius 2 is 2.00 bits per heavy atom. The molecule has 1 rings (SSSR count). The van der Waals surface area contributed by atoms with E-state index in [4.69, 9.17) is 11.6 Å².